The lowest BCUT2D eigenvalue weighted by atomic mass is 10.1. The quantitative estimate of drug-likeness (QED) is 0.688. The molecule has 0 bridgehead atoms. The van der Waals surface area contributed by atoms with E-state index < -0.39 is 11.6 Å². The first-order valence-corrected chi connectivity index (χ1v) is 6.21. The second kappa shape index (κ2) is 3.85. The van der Waals surface area contributed by atoms with Crippen LogP contribution in [0.2, 0.25) is 0 Å². The molecule has 0 aliphatic carbocycles. The Morgan fingerprint density at radius 3 is 2.82 bits per heavy atom. The van der Waals surface area contributed by atoms with Crippen molar-refractivity contribution in [2.45, 2.75) is 0 Å². The van der Waals surface area contributed by atoms with Gasteiger partial charge in [-0.1, -0.05) is 11.3 Å². The maximum absolute atomic E-state index is 13.5. The van der Waals surface area contributed by atoms with Crippen LogP contribution < -0.4 is 0 Å². The van der Waals surface area contributed by atoms with E-state index in [1.807, 2.05) is 0 Å². The number of imidazole rings is 1. The van der Waals surface area contributed by atoms with E-state index in [9.17, 15) is 8.78 Å². The molecule has 0 saturated heterocycles. The molecule has 17 heavy (non-hydrogen) atoms. The van der Waals surface area contributed by atoms with Crippen LogP contribution in [0.25, 0.3) is 16.2 Å². The first kappa shape index (κ1) is 10.8. The summed E-state index contributed by atoms with van der Waals surface area (Å²) < 4.78 is 28.6. The van der Waals surface area contributed by atoms with Crippen molar-refractivity contribution in [1.82, 2.24) is 14.6 Å². The molecule has 0 amide bonds. The van der Waals surface area contributed by atoms with Crippen molar-refractivity contribution >= 4 is 32.2 Å². The summed E-state index contributed by atoms with van der Waals surface area (Å²) in [4.78, 5) is 4.87. The van der Waals surface area contributed by atoms with E-state index in [4.69, 9.17) is 0 Å². The fourth-order valence-electron chi connectivity index (χ4n) is 1.50. The monoisotopic (exact) mass is 315 g/mol. The number of hydrogen-bond acceptors (Lipinski definition) is 3. The smallest absolute Gasteiger partial charge is 0.213 e. The normalized spacial score (nSPS) is 11.2. The summed E-state index contributed by atoms with van der Waals surface area (Å²) in [5.41, 5.74) is 0.703. The summed E-state index contributed by atoms with van der Waals surface area (Å²) in [6, 6.07) is 3.41. The second-order valence-corrected chi connectivity index (χ2v) is 5.56. The third kappa shape index (κ3) is 1.85. The van der Waals surface area contributed by atoms with Crippen LogP contribution in [-0.4, -0.2) is 14.6 Å². The Morgan fingerprint density at radius 2 is 2.12 bits per heavy atom. The lowest BCUT2D eigenvalue weighted by Crippen LogP contribution is -1.86. The molecule has 86 valence electrons. The highest BCUT2D eigenvalue weighted by atomic mass is 79.9. The van der Waals surface area contributed by atoms with E-state index in [2.05, 4.69) is 26.0 Å². The SMILES string of the molecule is Fc1ccc(-c2cn3nc(Br)sc3n2)c(F)c1. The molecule has 1 aromatic carbocycles. The Bertz CT molecular complexity index is 675. The number of rotatable bonds is 1. The molecule has 3 rings (SSSR count). The van der Waals surface area contributed by atoms with Gasteiger partial charge in [0.05, 0.1) is 11.9 Å². The molecule has 0 unspecified atom stereocenters. The largest absolute Gasteiger partial charge is 0.217 e. The van der Waals surface area contributed by atoms with E-state index in [1.54, 1.807) is 10.7 Å². The van der Waals surface area contributed by atoms with Crippen molar-refractivity contribution in [2.75, 3.05) is 0 Å². The summed E-state index contributed by atoms with van der Waals surface area (Å²) >= 11 is 4.57. The fraction of sp³-hybridized carbons (Fsp3) is 0. The Labute approximate surface area is 107 Å². The zero-order chi connectivity index (χ0) is 12.0. The zero-order valence-electron chi connectivity index (χ0n) is 8.19. The second-order valence-electron chi connectivity index (χ2n) is 3.33. The highest BCUT2D eigenvalue weighted by molar-refractivity contribution is 9.11. The number of aromatic nitrogens is 3. The van der Waals surface area contributed by atoms with Gasteiger partial charge in [-0.05, 0) is 28.1 Å². The van der Waals surface area contributed by atoms with Crippen molar-refractivity contribution < 1.29 is 8.78 Å². The minimum absolute atomic E-state index is 0.264. The molecule has 0 fully saturated rings. The van der Waals surface area contributed by atoms with Gasteiger partial charge in [-0.25, -0.2) is 18.3 Å². The summed E-state index contributed by atoms with van der Waals surface area (Å²) in [5, 5.41) is 4.10. The molecule has 3 nitrogen and oxygen atoms in total. The molecule has 0 aliphatic heterocycles. The standard InChI is InChI=1S/C10H4BrF2N3S/c11-9-15-16-4-8(14-10(16)17-9)6-2-1-5(12)3-7(6)13/h1-4H. The Morgan fingerprint density at radius 1 is 1.29 bits per heavy atom. The van der Waals surface area contributed by atoms with Crippen molar-refractivity contribution in [3.8, 4) is 11.3 Å². The molecule has 0 saturated carbocycles. The number of nitrogens with zero attached hydrogens (tertiary/aromatic N) is 3. The maximum atomic E-state index is 13.5. The summed E-state index contributed by atoms with van der Waals surface area (Å²) in [5.74, 6) is -1.23. The van der Waals surface area contributed by atoms with Gasteiger partial charge in [0.2, 0.25) is 4.96 Å². The van der Waals surface area contributed by atoms with Crippen LogP contribution >= 0.6 is 27.3 Å². The summed E-state index contributed by atoms with van der Waals surface area (Å²) in [7, 11) is 0. The van der Waals surface area contributed by atoms with Gasteiger partial charge in [0.25, 0.3) is 0 Å². The van der Waals surface area contributed by atoms with Gasteiger partial charge in [-0.15, -0.1) is 5.10 Å². The maximum Gasteiger partial charge on any atom is 0.213 e. The Balaban J connectivity index is 2.16. The molecule has 2 aromatic heterocycles. The number of fused-ring (bicyclic) bond motifs is 1. The van der Waals surface area contributed by atoms with Gasteiger partial charge >= 0.3 is 0 Å². The van der Waals surface area contributed by atoms with Gasteiger partial charge in [0, 0.05) is 11.6 Å². The first-order chi connectivity index (χ1) is 8.13. The minimum atomic E-state index is -0.630. The molecule has 0 spiro atoms. The van der Waals surface area contributed by atoms with Crippen LogP contribution in [0.5, 0.6) is 0 Å². The fourth-order valence-corrected chi connectivity index (χ4v) is 2.72. The topological polar surface area (TPSA) is 30.2 Å². The molecule has 0 N–H and O–H groups in total. The van der Waals surface area contributed by atoms with E-state index in [0.29, 0.717) is 14.6 Å². The molecule has 7 heteroatoms. The lowest BCUT2D eigenvalue weighted by Gasteiger charge is -1.98. The van der Waals surface area contributed by atoms with Crippen LogP contribution in [0.3, 0.4) is 0 Å². The van der Waals surface area contributed by atoms with E-state index in [-0.39, 0.29) is 5.56 Å². The van der Waals surface area contributed by atoms with E-state index in [1.165, 1.54) is 23.5 Å². The summed E-state index contributed by atoms with van der Waals surface area (Å²) in [6.07, 6.45) is 1.60. The van der Waals surface area contributed by atoms with E-state index in [0.717, 1.165) is 6.07 Å². The van der Waals surface area contributed by atoms with Gasteiger partial charge < -0.3 is 0 Å². The predicted octanol–water partition coefficient (Wildman–Crippen LogP) is 3.50. The number of hydrogen-bond donors (Lipinski definition) is 0. The van der Waals surface area contributed by atoms with Crippen molar-refractivity contribution in [2.24, 2.45) is 0 Å². The van der Waals surface area contributed by atoms with Crippen LogP contribution in [-0.2, 0) is 0 Å². The molecular formula is C10H4BrF2N3S. The van der Waals surface area contributed by atoms with Crippen LogP contribution in [0.15, 0.2) is 28.3 Å². The van der Waals surface area contributed by atoms with Crippen LogP contribution in [0.1, 0.15) is 0 Å². The average molecular weight is 316 g/mol. The van der Waals surface area contributed by atoms with Crippen molar-refractivity contribution in [3.05, 3.63) is 39.9 Å². The number of halogens is 3. The average Bonchev–Trinajstić information content (AvgIpc) is 2.74. The van der Waals surface area contributed by atoms with Gasteiger partial charge in [0.15, 0.2) is 3.92 Å². The lowest BCUT2D eigenvalue weighted by molar-refractivity contribution is 0.585. The summed E-state index contributed by atoms with van der Waals surface area (Å²) in [6.45, 7) is 0. The molecule has 2 heterocycles. The highest BCUT2D eigenvalue weighted by Crippen LogP contribution is 2.26. The van der Waals surface area contributed by atoms with Gasteiger partial charge in [-0.3, -0.25) is 0 Å². The van der Waals surface area contributed by atoms with Gasteiger partial charge in [0.1, 0.15) is 11.6 Å². The molecule has 0 aliphatic rings. The number of benzene rings is 1. The van der Waals surface area contributed by atoms with Gasteiger partial charge in [-0.2, -0.15) is 0 Å². The molecule has 0 atom stereocenters. The molecular weight excluding hydrogens is 312 g/mol. The van der Waals surface area contributed by atoms with Crippen molar-refractivity contribution in [3.63, 3.8) is 0 Å². The zero-order valence-corrected chi connectivity index (χ0v) is 10.6. The minimum Gasteiger partial charge on any atom is -0.217 e. The third-order valence-corrected chi connectivity index (χ3v) is 3.58. The highest BCUT2D eigenvalue weighted by Gasteiger charge is 2.12. The molecule has 3 aromatic rings. The molecule has 0 radical (unpaired) electrons. The Kier molecular flexibility index (Phi) is 2.44. The first-order valence-electron chi connectivity index (χ1n) is 4.60. The third-order valence-electron chi connectivity index (χ3n) is 2.23. The van der Waals surface area contributed by atoms with E-state index >= 15 is 0 Å². The Hall–Kier alpha value is -1.34. The van der Waals surface area contributed by atoms with Crippen LogP contribution in [0.4, 0.5) is 8.78 Å². The predicted molar refractivity (Wildman–Crippen MR) is 63.9 cm³/mol. The van der Waals surface area contributed by atoms with Crippen LogP contribution in [0, 0.1) is 11.6 Å². The van der Waals surface area contributed by atoms with Crippen molar-refractivity contribution in [1.29, 1.82) is 0 Å².